The molecule has 2 rings (SSSR count). The number of aryl methyl sites for hydroxylation is 1. The number of hydrogen-bond acceptors (Lipinski definition) is 3. The highest BCUT2D eigenvalue weighted by Crippen LogP contribution is 2.24. The smallest absolute Gasteiger partial charge is 0.323 e. The average Bonchev–Trinajstić information content (AvgIpc) is 2.43. The molecule has 0 bridgehead atoms. The molecule has 0 unspecified atom stereocenters. The van der Waals surface area contributed by atoms with E-state index in [1.165, 1.54) is 13.2 Å². The van der Waals surface area contributed by atoms with Gasteiger partial charge in [0.15, 0.2) is 0 Å². The second kappa shape index (κ2) is 6.13. The summed E-state index contributed by atoms with van der Waals surface area (Å²) < 4.78 is 18.6. The molecule has 0 atom stereocenters. The van der Waals surface area contributed by atoms with Gasteiger partial charge in [-0.2, -0.15) is 0 Å². The summed E-state index contributed by atoms with van der Waals surface area (Å²) >= 11 is 0. The largest absolute Gasteiger partial charge is 0.495 e. The number of carbonyl (C=O) groups excluding carboxylic acids is 1. The SMILES string of the molecule is COc1ccc(NC(=O)Nc2cc(C)ccc2F)cc1N. The normalized spacial score (nSPS) is 10.0. The van der Waals surface area contributed by atoms with Gasteiger partial charge in [-0.05, 0) is 42.8 Å². The number of ether oxygens (including phenoxy) is 1. The average molecular weight is 289 g/mol. The molecule has 0 saturated carbocycles. The molecule has 0 aliphatic rings. The molecule has 4 N–H and O–H groups in total. The first-order chi connectivity index (χ1) is 9.99. The van der Waals surface area contributed by atoms with Gasteiger partial charge in [0, 0.05) is 5.69 Å². The van der Waals surface area contributed by atoms with Gasteiger partial charge in [0.1, 0.15) is 11.6 Å². The van der Waals surface area contributed by atoms with Gasteiger partial charge in [-0.1, -0.05) is 6.07 Å². The maximum Gasteiger partial charge on any atom is 0.323 e. The summed E-state index contributed by atoms with van der Waals surface area (Å²) in [7, 11) is 1.51. The maximum absolute atomic E-state index is 13.6. The fraction of sp³-hybridized carbons (Fsp3) is 0.133. The number of amides is 2. The van der Waals surface area contributed by atoms with Gasteiger partial charge in [0.25, 0.3) is 0 Å². The lowest BCUT2D eigenvalue weighted by molar-refractivity contribution is 0.262. The molecule has 2 aromatic carbocycles. The first-order valence-corrected chi connectivity index (χ1v) is 6.27. The maximum atomic E-state index is 13.6. The van der Waals surface area contributed by atoms with E-state index in [9.17, 15) is 9.18 Å². The van der Waals surface area contributed by atoms with Crippen LogP contribution in [0, 0.1) is 12.7 Å². The Morgan fingerprint density at radius 3 is 2.62 bits per heavy atom. The number of nitrogen functional groups attached to an aromatic ring is 1. The summed E-state index contributed by atoms with van der Waals surface area (Å²) in [6.07, 6.45) is 0. The third-order valence-corrected chi connectivity index (χ3v) is 2.86. The van der Waals surface area contributed by atoms with Crippen LogP contribution >= 0.6 is 0 Å². The zero-order valence-electron chi connectivity index (χ0n) is 11.7. The van der Waals surface area contributed by atoms with E-state index in [-0.39, 0.29) is 5.69 Å². The van der Waals surface area contributed by atoms with Crippen molar-refractivity contribution in [2.24, 2.45) is 0 Å². The van der Waals surface area contributed by atoms with Crippen LogP contribution in [-0.4, -0.2) is 13.1 Å². The molecule has 0 aliphatic carbocycles. The molecule has 6 heteroatoms. The van der Waals surface area contributed by atoms with E-state index in [2.05, 4.69) is 10.6 Å². The highest BCUT2D eigenvalue weighted by atomic mass is 19.1. The van der Waals surface area contributed by atoms with Gasteiger partial charge in [-0.15, -0.1) is 0 Å². The minimum atomic E-state index is -0.552. The van der Waals surface area contributed by atoms with Crippen LogP contribution in [0.5, 0.6) is 5.75 Å². The summed E-state index contributed by atoms with van der Waals surface area (Å²) in [6, 6.07) is 8.77. The van der Waals surface area contributed by atoms with Crippen molar-refractivity contribution in [1.29, 1.82) is 0 Å². The lowest BCUT2D eigenvalue weighted by atomic mass is 10.2. The molecular weight excluding hydrogens is 273 g/mol. The monoisotopic (exact) mass is 289 g/mol. The van der Waals surface area contributed by atoms with Crippen LogP contribution in [0.2, 0.25) is 0 Å². The van der Waals surface area contributed by atoms with Crippen molar-refractivity contribution < 1.29 is 13.9 Å². The summed E-state index contributed by atoms with van der Waals surface area (Å²) in [5, 5.41) is 5.03. The fourth-order valence-corrected chi connectivity index (χ4v) is 1.83. The summed E-state index contributed by atoms with van der Waals surface area (Å²) in [5.41, 5.74) is 7.60. The van der Waals surface area contributed by atoms with Crippen LogP contribution in [0.4, 0.5) is 26.2 Å². The number of nitrogens with one attached hydrogen (secondary N) is 2. The predicted octanol–water partition coefficient (Wildman–Crippen LogP) is 3.37. The molecule has 5 nitrogen and oxygen atoms in total. The number of methoxy groups -OCH3 is 1. The van der Waals surface area contributed by atoms with Crippen molar-refractivity contribution in [2.75, 3.05) is 23.5 Å². The molecule has 110 valence electrons. The van der Waals surface area contributed by atoms with Crippen molar-refractivity contribution in [2.45, 2.75) is 6.92 Å². The Balaban J connectivity index is 2.08. The number of carbonyl (C=O) groups is 1. The molecule has 2 amide bonds. The minimum Gasteiger partial charge on any atom is -0.495 e. The first kappa shape index (κ1) is 14.6. The van der Waals surface area contributed by atoms with Crippen molar-refractivity contribution >= 4 is 23.1 Å². The third-order valence-electron chi connectivity index (χ3n) is 2.86. The summed E-state index contributed by atoms with van der Waals surface area (Å²) in [5.74, 6) is 0.0238. The Bertz CT molecular complexity index is 674. The molecule has 2 aromatic rings. The van der Waals surface area contributed by atoms with Gasteiger partial charge >= 0.3 is 6.03 Å². The Hall–Kier alpha value is -2.76. The molecule has 21 heavy (non-hydrogen) atoms. The van der Waals surface area contributed by atoms with E-state index < -0.39 is 11.8 Å². The van der Waals surface area contributed by atoms with E-state index in [1.54, 1.807) is 30.3 Å². The lowest BCUT2D eigenvalue weighted by Gasteiger charge is -2.11. The predicted molar refractivity (Wildman–Crippen MR) is 81.2 cm³/mol. The first-order valence-electron chi connectivity index (χ1n) is 6.27. The van der Waals surface area contributed by atoms with E-state index in [1.807, 2.05) is 6.92 Å². The van der Waals surface area contributed by atoms with E-state index in [0.29, 0.717) is 17.1 Å². The highest BCUT2D eigenvalue weighted by molar-refractivity contribution is 6.00. The number of anilines is 3. The van der Waals surface area contributed by atoms with Crippen molar-refractivity contribution in [3.63, 3.8) is 0 Å². The van der Waals surface area contributed by atoms with Gasteiger partial charge < -0.3 is 21.1 Å². The van der Waals surface area contributed by atoms with Crippen molar-refractivity contribution in [3.8, 4) is 5.75 Å². The van der Waals surface area contributed by atoms with Crippen LogP contribution in [0.3, 0.4) is 0 Å². The Kier molecular flexibility index (Phi) is 4.27. The Morgan fingerprint density at radius 1 is 1.19 bits per heavy atom. The fourth-order valence-electron chi connectivity index (χ4n) is 1.83. The molecular formula is C15H16FN3O2. The zero-order chi connectivity index (χ0) is 15.4. The van der Waals surface area contributed by atoms with Gasteiger partial charge in [-0.3, -0.25) is 0 Å². The van der Waals surface area contributed by atoms with Gasteiger partial charge in [0.05, 0.1) is 18.5 Å². The number of urea groups is 1. The highest BCUT2D eigenvalue weighted by Gasteiger charge is 2.08. The number of halogens is 1. The number of hydrogen-bond donors (Lipinski definition) is 3. The third kappa shape index (κ3) is 3.62. The summed E-state index contributed by atoms with van der Waals surface area (Å²) in [6.45, 7) is 1.81. The molecule has 0 fully saturated rings. The second-order valence-corrected chi connectivity index (χ2v) is 4.52. The van der Waals surface area contributed by atoms with Gasteiger partial charge in [-0.25, -0.2) is 9.18 Å². The van der Waals surface area contributed by atoms with Crippen LogP contribution < -0.4 is 21.1 Å². The van der Waals surface area contributed by atoms with E-state index >= 15 is 0 Å². The minimum absolute atomic E-state index is 0.119. The van der Waals surface area contributed by atoms with E-state index in [4.69, 9.17) is 10.5 Å². The topological polar surface area (TPSA) is 76.4 Å². The standard InChI is InChI=1S/C15H16FN3O2/c1-9-3-5-11(16)13(7-9)19-15(20)18-10-4-6-14(21-2)12(17)8-10/h3-8H,17H2,1-2H3,(H2,18,19,20). The van der Waals surface area contributed by atoms with E-state index in [0.717, 1.165) is 5.56 Å². The van der Waals surface area contributed by atoms with Crippen LogP contribution in [0.1, 0.15) is 5.56 Å². The van der Waals surface area contributed by atoms with Crippen molar-refractivity contribution in [3.05, 3.63) is 47.8 Å². The Labute approximate surface area is 121 Å². The van der Waals surface area contributed by atoms with Crippen LogP contribution in [-0.2, 0) is 0 Å². The lowest BCUT2D eigenvalue weighted by Crippen LogP contribution is -2.20. The van der Waals surface area contributed by atoms with Crippen LogP contribution in [0.15, 0.2) is 36.4 Å². The molecule has 0 heterocycles. The molecule has 0 spiro atoms. The number of benzene rings is 2. The molecule has 0 aliphatic heterocycles. The Morgan fingerprint density at radius 2 is 1.95 bits per heavy atom. The number of rotatable bonds is 3. The zero-order valence-corrected chi connectivity index (χ0v) is 11.7. The van der Waals surface area contributed by atoms with Gasteiger partial charge in [0.2, 0.25) is 0 Å². The number of nitrogens with two attached hydrogens (primary N) is 1. The second-order valence-electron chi connectivity index (χ2n) is 4.52. The quantitative estimate of drug-likeness (QED) is 0.758. The van der Waals surface area contributed by atoms with Crippen molar-refractivity contribution in [1.82, 2.24) is 0 Å². The molecule has 0 radical (unpaired) electrons. The summed E-state index contributed by atoms with van der Waals surface area (Å²) in [4.78, 5) is 11.9. The van der Waals surface area contributed by atoms with Crippen LogP contribution in [0.25, 0.3) is 0 Å². The molecule has 0 aromatic heterocycles. The molecule has 0 saturated heterocycles.